The van der Waals surface area contributed by atoms with Gasteiger partial charge in [-0.05, 0) is 12.1 Å². The van der Waals surface area contributed by atoms with E-state index in [-0.39, 0.29) is 11.2 Å². The summed E-state index contributed by atoms with van der Waals surface area (Å²) < 4.78 is 1.64. The van der Waals surface area contributed by atoms with Crippen molar-refractivity contribution >= 4 is 28.4 Å². The fourth-order valence-corrected chi connectivity index (χ4v) is 2.65. The summed E-state index contributed by atoms with van der Waals surface area (Å²) in [6.07, 6.45) is 0. The molecular weight excluding hydrogens is 372 g/mol. The topological polar surface area (TPSA) is 161 Å². The van der Waals surface area contributed by atoms with Gasteiger partial charge in [0.1, 0.15) is 11.0 Å². The van der Waals surface area contributed by atoms with E-state index in [0.29, 0.717) is 4.57 Å². The van der Waals surface area contributed by atoms with Crippen LogP contribution in [0.25, 0.3) is 11.0 Å². The molecule has 0 fully saturated rings. The summed E-state index contributed by atoms with van der Waals surface area (Å²) in [5, 5.41) is 10.9. The van der Waals surface area contributed by atoms with E-state index in [1.807, 2.05) is 0 Å². The Morgan fingerprint density at radius 3 is 2.36 bits per heavy atom. The molecule has 3 N–H and O–H groups in total. The molecule has 1 aromatic carbocycles. The van der Waals surface area contributed by atoms with Crippen LogP contribution in [0.2, 0.25) is 0 Å². The molecule has 3 rings (SSSR count). The third-order valence-corrected chi connectivity index (χ3v) is 4.11. The molecule has 12 nitrogen and oxygen atoms in total. The summed E-state index contributed by atoms with van der Waals surface area (Å²) in [5.74, 6) is -1.09. The number of aromatic amines is 1. The van der Waals surface area contributed by atoms with Crippen molar-refractivity contribution in [3.8, 4) is 0 Å². The fourth-order valence-electron chi connectivity index (χ4n) is 2.65. The number of benzene rings is 1. The van der Waals surface area contributed by atoms with Crippen LogP contribution in [0.4, 0.5) is 11.5 Å². The highest BCUT2D eigenvalue weighted by molar-refractivity contribution is 5.95. The Morgan fingerprint density at radius 1 is 1.11 bits per heavy atom. The van der Waals surface area contributed by atoms with Crippen LogP contribution < -0.4 is 27.5 Å². The number of nitro groups is 1. The minimum atomic E-state index is -1.19. The molecule has 0 aliphatic carbocycles. The molecule has 3 aromatic rings. The lowest BCUT2D eigenvalue weighted by Gasteiger charge is -2.12. The number of nitrogens with zero attached hydrogens (tertiary/aromatic N) is 3. The molecule has 0 atom stereocenters. The Bertz CT molecular complexity index is 1290. The van der Waals surface area contributed by atoms with Crippen LogP contribution in [-0.4, -0.2) is 24.9 Å². The number of pyridine rings is 1. The highest BCUT2D eigenvalue weighted by atomic mass is 16.6. The van der Waals surface area contributed by atoms with Crippen LogP contribution in [0.1, 0.15) is 10.4 Å². The summed E-state index contributed by atoms with van der Waals surface area (Å²) in [6.45, 7) is 0. The first kappa shape index (κ1) is 18.6. The lowest BCUT2D eigenvalue weighted by molar-refractivity contribution is -0.385. The van der Waals surface area contributed by atoms with Crippen molar-refractivity contribution in [2.45, 2.75) is 0 Å². The van der Waals surface area contributed by atoms with E-state index in [1.165, 1.54) is 19.2 Å². The van der Waals surface area contributed by atoms with E-state index in [9.17, 15) is 29.3 Å². The number of aryl methyl sites for hydroxylation is 1. The average Bonchev–Trinajstić information content (AvgIpc) is 2.68. The molecule has 28 heavy (non-hydrogen) atoms. The highest BCUT2D eigenvalue weighted by Crippen LogP contribution is 2.19. The molecule has 0 saturated heterocycles. The Balaban J connectivity index is 2.17. The van der Waals surface area contributed by atoms with Crippen molar-refractivity contribution in [2.24, 2.45) is 14.1 Å². The number of hydrogen-bond donors (Lipinski definition) is 3. The molecule has 1 amide bonds. The van der Waals surface area contributed by atoms with Gasteiger partial charge in [-0.15, -0.1) is 0 Å². The normalized spacial score (nSPS) is 10.6. The predicted octanol–water partition coefficient (Wildman–Crippen LogP) is -0.409. The van der Waals surface area contributed by atoms with Gasteiger partial charge < -0.3 is 4.98 Å². The van der Waals surface area contributed by atoms with Gasteiger partial charge in [-0.3, -0.25) is 44.5 Å². The number of hydrogen-bond acceptors (Lipinski definition) is 7. The van der Waals surface area contributed by atoms with Gasteiger partial charge in [0.25, 0.3) is 16.9 Å². The third-order valence-electron chi connectivity index (χ3n) is 4.11. The maximum atomic E-state index is 12.6. The average molecular weight is 386 g/mol. The SMILES string of the molecule is Cn1c(=O)c2c(=O)c([N+](=O)[O-])c(NNC(=O)c3ccccc3)[nH]c2n(C)c1=O. The maximum absolute atomic E-state index is 12.6. The van der Waals surface area contributed by atoms with E-state index < -0.39 is 44.4 Å². The second-order valence-corrected chi connectivity index (χ2v) is 5.81. The number of carbonyl (C=O) groups is 1. The molecule has 0 bridgehead atoms. The number of nitrogens with one attached hydrogen (secondary N) is 3. The maximum Gasteiger partial charge on any atom is 0.358 e. The molecule has 0 saturated carbocycles. The Morgan fingerprint density at radius 2 is 1.75 bits per heavy atom. The molecule has 0 aliphatic rings. The van der Waals surface area contributed by atoms with Crippen LogP contribution in [-0.2, 0) is 14.1 Å². The number of carbonyl (C=O) groups excluding carboxylic acids is 1. The monoisotopic (exact) mass is 386 g/mol. The smallest absolute Gasteiger partial charge is 0.320 e. The van der Waals surface area contributed by atoms with Gasteiger partial charge >= 0.3 is 11.4 Å². The zero-order valence-electron chi connectivity index (χ0n) is 14.7. The minimum Gasteiger partial charge on any atom is -0.320 e. The molecule has 0 spiro atoms. The van der Waals surface area contributed by atoms with E-state index in [4.69, 9.17) is 0 Å². The summed E-state index contributed by atoms with van der Waals surface area (Å²) in [7, 11) is 2.44. The number of H-pyrrole nitrogens is 1. The number of rotatable bonds is 4. The van der Waals surface area contributed by atoms with Crippen molar-refractivity contribution in [1.29, 1.82) is 0 Å². The second kappa shape index (κ2) is 6.83. The Hall–Kier alpha value is -4.22. The standard InChI is InChI=1S/C16H14N6O6/c1-20-13-9(15(25)21(2)16(20)26)11(23)10(22(27)28)12(17-13)18-19-14(24)8-6-4-3-5-7-8/h3-7H,1-2H3,(H,19,24)(H2,17,18,23). The van der Waals surface area contributed by atoms with Gasteiger partial charge in [0.05, 0.1) is 4.92 Å². The fraction of sp³-hybridized carbons (Fsp3) is 0.125. The lowest BCUT2D eigenvalue weighted by Crippen LogP contribution is -2.40. The predicted molar refractivity (Wildman–Crippen MR) is 99.2 cm³/mol. The number of fused-ring (bicyclic) bond motifs is 1. The molecule has 0 unspecified atom stereocenters. The second-order valence-electron chi connectivity index (χ2n) is 5.81. The van der Waals surface area contributed by atoms with Crippen molar-refractivity contribution < 1.29 is 9.72 Å². The summed E-state index contributed by atoms with van der Waals surface area (Å²) >= 11 is 0. The number of aromatic nitrogens is 3. The first-order valence-corrected chi connectivity index (χ1v) is 7.85. The van der Waals surface area contributed by atoms with Crippen LogP contribution >= 0.6 is 0 Å². The Labute approximate surface area is 155 Å². The van der Waals surface area contributed by atoms with Crippen molar-refractivity contribution in [3.63, 3.8) is 0 Å². The number of anilines is 1. The third kappa shape index (κ3) is 2.92. The summed E-state index contributed by atoms with van der Waals surface area (Å²) in [4.78, 5) is 62.0. The molecule has 2 aromatic heterocycles. The first-order valence-electron chi connectivity index (χ1n) is 7.85. The Kier molecular flexibility index (Phi) is 4.53. The first-order chi connectivity index (χ1) is 13.2. The highest BCUT2D eigenvalue weighted by Gasteiger charge is 2.26. The molecular formula is C16H14N6O6. The van der Waals surface area contributed by atoms with Crippen molar-refractivity contribution in [3.05, 3.63) is 77.1 Å². The van der Waals surface area contributed by atoms with E-state index >= 15 is 0 Å². The number of amides is 1. The lowest BCUT2D eigenvalue weighted by atomic mass is 10.2. The van der Waals surface area contributed by atoms with Crippen LogP contribution in [0.5, 0.6) is 0 Å². The summed E-state index contributed by atoms with van der Waals surface area (Å²) in [6, 6.07) is 7.99. The largest absolute Gasteiger partial charge is 0.358 e. The van der Waals surface area contributed by atoms with Crippen LogP contribution in [0.15, 0.2) is 44.7 Å². The van der Waals surface area contributed by atoms with E-state index in [1.54, 1.807) is 18.2 Å². The van der Waals surface area contributed by atoms with Crippen molar-refractivity contribution in [2.75, 3.05) is 5.43 Å². The van der Waals surface area contributed by atoms with Gasteiger partial charge in [0, 0.05) is 19.7 Å². The van der Waals surface area contributed by atoms with Gasteiger partial charge in [-0.2, -0.15) is 0 Å². The molecule has 0 aliphatic heterocycles. The van der Waals surface area contributed by atoms with Gasteiger partial charge in [-0.1, -0.05) is 18.2 Å². The van der Waals surface area contributed by atoms with E-state index in [2.05, 4.69) is 15.8 Å². The van der Waals surface area contributed by atoms with Crippen LogP contribution in [0.3, 0.4) is 0 Å². The zero-order chi connectivity index (χ0) is 20.6. The summed E-state index contributed by atoms with van der Waals surface area (Å²) in [5.41, 5.74) is 0.689. The van der Waals surface area contributed by atoms with E-state index in [0.717, 1.165) is 11.6 Å². The quantitative estimate of drug-likeness (QED) is 0.405. The van der Waals surface area contributed by atoms with Crippen molar-refractivity contribution in [1.82, 2.24) is 19.5 Å². The number of hydrazine groups is 1. The molecule has 144 valence electrons. The van der Waals surface area contributed by atoms with Gasteiger partial charge in [0.15, 0.2) is 0 Å². The molecule has 2 heterocycles. The molecule has 0 radical (unpaired) electrons. The van der Waals surface area contributed by atoms with Crippen LogP contribution in [0, 0.1) is 10.1 Å². The zero-order valence-corrected chi connectivity index (χ0v) is 14.7. The minimum absolute atomic E-state index is 0.222. The van der Waals surface area contributed by atoms with Gasteiger partial charge in [0.2, 0.25) is 5.82 Å². The molecule has 12 heteroatoms. The van der Waals surface area contributed by atoms with Gasteiger partial charge in [-0.25, -0.2) is 4.79 Å².